The van der Waals surface area contributed by atoms with E-state index in [1.54, 1.807) is 55.5 Å². The third-order valence-corrected chi connectivity index (χ3v) is 6.44. The fourth-order valence-corrected chi connectivity index (χ4v) is 4.54. The summed E-state index contributed by atoms with van der Waals surface area (Å²) >= 11 is 0. The monoisotopic (exact) mass is 581 g/mol. The number of hydrogen-bond acceptors (Lipinski definition) is 8. The van der Waals surface area contributed by atoms with Gasteiger partial charge >= 0.3 is 6.03 Å². The Hall–Kier alpha value is -5.56. The summed E-state index contributed by atoms with van der Waals surface area (Å²) in [4.78, 5) is 40.4. The number of barbiturate groups is 1. The van der Waals surface area contributed by atoms with Crippen LogP contribution in [0, 0.1) is 11.3 Å². The second-order valence-corrected chi connectivity index (χ2v) is 9.22. The van der Waals surface area contributed by atoms with Gasteiger partial charge in [0.1, 0.15) is 23.7 Å². The van der Waals surface area contributed by atoms with E-state index >= 15 is 0 Å². The molecule has 1 saturated heterocycles. The van der Waals surface area contributed by atoms with Crippen LogP contribution in [0.5, 0.6) is 23.0 Å². The Bertz CT molecular complexity index is 1640. The first kappa shape index (κ1) is 30.4. The van der Waals surface area contributed by atoms with Gasteiger partial charge in [-0.15, -0.1) is 6.58 Å². The summed E-state index contributed by atoms with van der Waals surface area (Å²) in [5.74, 6) is -0.194. The molecule has 43 heavy (non-hydrogen) atoms. The van der Waals surface area contributed by atoms with E-state index < -0.39 is 17.8 Å². The number of amides is 4. The number of carbonyl (C=O) groups is 3. The maximum absolute atomic E-state index is 13.7. The van der Waals surface area contributed by atoms with E-state index in [0.29, 0.717) is 52.5 Å². The van der Waals surface area contributed by atoms with E-state index in [0.717, 1.165) is 4.90 Å². The molecule has 1 N–H and O–H groups in total. The number of rotatable bonds is 12. The highest BCUT2D eigenvalue weighted by Gasteiger charge is 2.38. The number of nitrogens with one attached hydrogen (secondary N) is 1. The van der Waals surface area contributed by atoms with E-state index in [-0.39, 0.29) is 30.2 Å². The molecule has 1 aliphatic heterocycles. The molecular weight excluding hydrogens is 550 g/mol. The Morgan fingerprint density at radius 3 is 2.42 bits per heavy atom. The maximum atomic E-state index is 13.7. The van der Waals surface area contributed by atoms with Crippen LogP contribution in [-0.4, -0.2) is 38.2 Å². The van der Waals surface area contributed by atoms with Gasteiger partial charge < -0.3 is 18.9 Å². The van der Waals surface area contributed by atoms with Gasteiger partial charge in [-0.25, -0.2) is 9.69 Å². The smallest absolute Gasteiger partial charge is 0.336 e. The number of hydrogen-bond donors (Lipinski definition) is 1. The number of methoxy groups -OCH3 is 1. The Kier molecular flexibility index (Phi) is 9.81. The summed E-state index contributed by atoms with van der Waals surface area (Å²) in [5, 5.41) is 11.7. The lowest BCUT2D eigenvalue weighted by Crippen LogP contribution is -2.54. The number of imide groups is 2. The molecule has 1 heterocycles. The highest BCUT2D eigenvalue weighted by atomic mass is 16.5. The lowest BCUT2D eigenvalue weighted by Gasteiger charge is -2.28. The van der Waals surface area contributed by atoms with Crippen LogP contribution in [-0.2, 0) is 22.6 Å². The normalized spacial score (nSPS) is 13.8. The minimum Gasteiger partial charge on any atom is -0.494 e. The van der Waals surface area contributed by atoms with Gasteiger partial charge in [0.05, 0.1) is 37.6 Å². The number of allylic oxidation sites excluding steroid dienone is 1. The molecule has 4 amide bonds. The van der Waals surface area contributed by atoms with Gasteiger partial charge in [0.25, 0.3) is 11.8 Å². The molecule has 1 aliphatic rings. The number of carbonyl (C=O) groups excluding carboxylic acids is 3. The van der Waals surface area contributed by atoms with Crippen molar-refractivity contribution in [1.29, 1.82) is 5.26 Å². The molecule has 220 valence electrons. The highest BCUT2D eigenvalue weighted by molar-refractivity contribution is 6.39. The SMILES string of the molecule is C=CCc1cc(/C=C2\C(=O)NC(=O)N(c3cc(OCC)ccc3OCC)C2=O)cc(OC)c1OCc1ccccc1C#N. The van der Waals surface area contributed by atoms with Gasteiger partial charge in [-0.05, 0) is 62.2 Å². The zero-order valence-electron chi connectivity index (χ0n) is 24.1. The molecule has 0 aromatic heterocycles. The third kappa shape index (κ3) is 6.68. The van der Waals surface area contributed by atoms with Gasteiger partial charge in [0, 0.05) is 17.2 Å². The van der Waals surface area contributed by atoms with Crippen LogP contribution in [0.3, 0.4) is 0 Å². The van der Waals surface area contributed by atoms with Crippen LogP contribution in [0.4, 0.5) is 10.5 Å². The molecule has 1 fully saturated rings. The van der Waals surface area contributed by atoms with Crippen LogP contribution in [0.15, 0.2) is 72.8 Å². The topological polar surface area (TPSA) is 127 Å². The maximum Gasteiger partial charge on any atom is 0.336 e. The second-order valence-electron chi connectivity index (χ2n) is 9.22. The highest BCUT2D eigenvalue weighted by Crippen LogP contribution is 2.37. The predicted molar refractivity (Wildman–Crippen MR) is 160 cm³/mol. The summed E-state index contributed by atoms with van der Waals surface area (Å²) in [5.41, 5.74) is 2.20. The molecule has 10 nitrogen and oxygen atoms in total. The molecule has 0 atom stereocenters. The number of urea groups is 1. The van der Waals surface area contributed by atoms with Crippen molar-refractivity contribution in [2.45, 2.75) is 26.9 Å². The Morgan fingerprint density at radius 2 is 1.72 bits per heavy atom. The zero-order valence-corrected chi connectivity index (χ0v) is 24.1. The lowest BCUT2D eigenvalue weighted by molar-refractivity contribution is -0.122. The standard InChI is InChI=1S/C33H31N3O7/c1-5-10-22-15-21(17-29(40-4)30(22)43-20-24-12-9-8-11-23(24)19-34)16-26-31(37)35-33(39)36(32(26)38)27-18-25(41-6-2)13-14-28(27)42-7-3/h5,8-9,11-18H,1,6-7,10,20H2,2-4H3,(H,35,37,39)/b26-16+. The van der Waals surface area contributed by atoms with Gasteiger partial charge in [0.15, 0.2) is 11.5 Å². The summed E-state index contributed by atoms with van der Waals surface area (Å²) in [6, 6.07) is 16.5. The summed E-state index contributed by atoms with van der Waals surface area (Å²) in [6.07, 6.45) is 3.45. The van der Waals surface area contributed by atoms with Crippen LogP contribution in [0.1, 0.15) is 36.1 Å². The van der Waals surface area contributed by atoms with Crippen molar-refractivity contribution in [2.75, 3.05) is 25.2 Å². The molecule has 0 radical (unpaired) electrons. The average Bonchev–Trinajstić information content (AvgIpc) is 3.00. The van der Waals surface area contributed by atoms with Gasteiger partial charge in [0.2, 0.25) is 0 Å². The average molecular weight is 582 g/mol. The van der Waals surface area contributed by atoms with Crippen LogP contribution < -0.4 is 29.2 Å². The minimum atomic E-state index is -0.909. The second kappa shape index (κ2) is 13.9. The zero-order chi connectivity index (χ0) is 30.9. The summed E-state index contributed by atoms with van der Waals surface area (Å²) in [7, 11) is 1.47. The molecule has 4 rings (SSSR count). The first-order chi connectivity index (χ1) is 20.8. The van der Waals surface area contributed by atoms with Crippen molar-refractivity contribution >= 4 is 29.6 Å². The van der Waals surface area contributed by atoms with Crippen molar-refractivity contribution in [2.24, 2.45) is 0 Å². The largest absolute Gasteiger partial charge is 0.494 e. The summed E-state index contributed by atoms with van der Waals surface area (Å²) < 4.78 is 23.0. The number of benzene rings is 3. The van der Waals surface area contributed by atoms with Gasteiger partial charge in [-0.1, -0.05) is 24.3 Å². The third-order valence-electron chi connectivity index (χ3n) is 6.44. The molecule has 0 saturated carbocycles. The van der Waals surface area contributed by atoms with Gasteiger partial charge in [-0.2, -0.15) is 5.26 Å². The van der Waals surface area contributed by atoms with Crippen molar-refractivity contribution in [3.8, 4) is 29.1 Å². The molecule has 0 unspecified atom stereocenters. The molecule has 10 heteroatoms. The Morgan fingerprint density at radius 1 is 0.953 bits per heavy atom. The Labute approximate surface area is 249 Å². The fourth-order valence-electron chi connectivity index (χ4n) is 4.54. The lowest BCUT2D eigenvalue weighted by atomic mass is 10.0. The number of nitriles is 1. The van der Waals surface area contributed by atoms with E-state index in [1.807, 2.05) is 13.0 Å². The number of ether oxygens (including phenoxy) is 4. The van der Waals surface area contributed by atoms with Crippen molar-refractivity contribution in [3.05, 3.63) is 95.1 Å². The van der Waals surface area contributed by atoms with Crippen LogP contribution >= 0.6 is 0 Å². The van der Waals surface area contributed by atoms with Crippen molar-refractivity contribution < 1.29 is 33.3 Å². The number of anilines is 1. The van der Waals surface area contributed by atoms with E-state index in [1.165, 1.54) is 19.3 Å². The first-order valence-corrected chi connectivity index (χ1v) is 13.6. The van der Waals surface area contributed by atoms with Crippen LogP contribution in [0.2, 0.25) is 0 Å². The molecule has 0 spiro atoms. The molecule has 0 aliphatic carbocycles. The fraction of sp³-hybridized carbons (Fsp3) is 0.212. The molecule has 0 bridgehead atoms. The number of nitrogens with zero attached hydrogens (tertiary/aromatic N) is 2. The Balaban J connectivity index is 1.74. The minimum absolute atomic E-state index is 0.117. The van der Waals surface area contributed by atoms with Crippen LogP contribution in [0.25, 0.3) is 6.08 Å². The summed E-state index contributed by atoms with van der Waals surface area (Å²) in [6.45, 7) is 8.18. The predicted octanol–water partition coefficient (Wildman–Crippen LogP) is 5.34. The van der Waals surface area contributed by atoms with Crippen molar-refractivity contribution in [3.63, 3.8) is 0 Å². The first-order valence-electron chi connectivity index (χ1n) is 13.6. The van der Waals surface area contributed by atoms with E-state index in [2.05, 4.69) is 18.0 Å². The van der Waals surface area contributed by atoms with E-state index in [4.69, 9.17) is 18.9 Å². The molecule has 3 aromatic rings. The van der Waals surface area contributed by atoms with Gasteiger partial charge in [-0.3, -0.25) is 14.9 Å². The molecular formula is C33H31N3O7. The molecule has 3 aromatic carbocycles. The van der Waals surface area contributed by atoms with E-state index in [9.17, 15) is 19.6 Å². The quantitative estimate of drug-likeness (QED) is 0.173. The van der Waals surface area contributed by atoms with Crippen molar-refractivity contribution in [1.82, 2.24) is 5.32 Å².